The van der Waals surface area contributed by atoms with Gasteiger partial charge in [-0.3, -0.25) is 0 Å². The van der Waals surface area contributed by atoms with E-state index in [0.717, 1.165) is 5.56 Å². The van der Waals surface area contributed by atoms with Gasteiger partial charge < -0.3 is 20.0 Å². The number of carboxylic acid groups (broad SMARTS) is 1. The van der Waals surface area contributed by atoms with Gasteiger partial charge in [0.2, 0.25) is 0 Å². The summed E-state index contributed by atoms with van der Waals surface area (Å²) in [6.07, 6.45) is 1.49. The molecule has 0 fully saturated rings. The van der Waals surface area contributed by atoms with Gasteiger partial charge >= 0.3 is 5.82 Å². The molecule has 0 aliphatic heterocycles. The number of halogens is 1. The number of nitrogens with zero attached hydrogens (tertiary/aromatic N) is 3. The predicted molar refractivity (Wildman–Crippen MR) is 66.5 cm³/mol. The van der Waals surface area contributed by atoms with E-state index in [2.05, 4.69) is 21.0 Å². The van der Waals surface area contributed by atoms with E-state index in [1.807, 2.05) is 0 Å². The number of carboxylic acids is 1. The SMILES string of the molecule is O=C([O-])c1ccc(Cn2cc(Br)c([N+](=O)[O-])n2)cc1. The molecule has 1 aromatic carbocycles. The van der Waals surface area contributed by atoms with Gasteiger partial charge in [0.05, 0.1) is 23.8 Å². The third-order valence-electron chi connectivity index (χ3n) is 2.41. The van der Waals surface area contributed by atoms with Gasteiger partial charge in [0, 0.05) is 0 Å². The van der Waals surface area contributed by atoms with Crippen molar-refractivity contribution in [1.82, 2.24) is 9.78 Å². The second kappa shape index (κ2) is 5.19. The van der Waals surface area contributed by atoms with Crippen molar-refractivity contribution in [2.75, 3.05) is 0 Å². The first-order valence-corrected chi connectivity index (χ1v) is 5.94. The molecule has 0 spiro atoms. The first kappa shape index (κ1) is 13.2. The predicted octanol–water partition coefficient (Wildman–Crippen LogP) is 0.966. The largest absolute Gasteiger partial charge is 0.545 e. The second-order valence-electron chi connectivity index (χ2n) is 3.74. The van der Waals surface area contributed by atoms with Crippen LogP contribution < -0.4 is 5.11 Å². The molecule has 1 aromatic heterocycles. The molecule has 98 valence electrons. The molecule has 0 N–H and O–H groups in total. The maximum atomic E-state index is 10.6. The highest BCUT2D eigenvalue weighted by Crippen LogP contribution is 2.22. The van der Waals surface area contributed by atoms with Crippen molar-refractivity contribution in [3.63, 3.8) is 0 Å². The highest BCUT2D eigenvalue weighted by Gasteiger charge is 2.18. The van der Waals surface area contributed by atoms with Gasteiger partial charge in [0.15, 0.2) is 0 Å². The van der Waals surface area contributed by atoms with Crippen molar-refractivity contribution >= 4 is 27.7 Å². The lowest BCUT2D eigenvalue weighted by Gasteiger charge is -2.03. The Morgan fingerprint density at radius 2 is 2.00 bits per heavy atom. The zero-order chi connectivity index (χ0) is 14.0. The van der Waals surface area contributed by atoms with Crippen molar-refractivity contribution in [2.24, 2.45) is 0 Å². The zero-order valence-corrected chi connectivity index (χ0v) is 11.0. The first-order valence-electron chi connectivity index (χ1n) is 5.15. The number of carbonyl (C=O) groups is 1. The monoisotopic (exact) mass is 324 g/mol. The molecule has 0 aliphatic carbocycles. The van der Waals surface area contributed by atoms with E-state index in [1.54, 1.807) is 12.1 Å². The Labute approximate surface area is 115 Å². The molecule has 19 heavy (non-hydrogen) atoms. The van der Waals surface area contributed by atoms with Crippen molar-refractivity contribution < 1.29 is 14.8 Å². The molecule has 0 aliphatic rings. The fourth-order valence-electron chi connectivity index (χ4n) is 1.52. The highest BCUT2D eigenvalue weighted by molar-refractivity contribution is 9.10. The minimum atomic E-state index is -1.25. The topological polar surface area (TPSA) is 101 Å². The molecule has 8 heteroatoms. The van der Waals surface area contributed by atoms with Crippen LogP contribution in [0.25, 0.3) is 0 Å². The lowest BCUT2D eigenvalue weighted by atomic mass is 10.1. The number of hydrogen-bond donors (Lipinski definition) is 0. The summed E-state index contributed by atoms with van der Waals surface area (Å²) in [6, 6.07) is 6.04. The van der Waals surface area contributed by atoms with Crippen LogP contribution in [0.4, 0.5) is 5.82 Å². The standard InChI is InChI=1S/C11H8BrN3O4/c12-9-6-14(13-10(9)15(18)19)5-7-1-3-8(4-2-7)11(16)17/h1-4,6H,5H2,(H,16,17)/p-1. The minimum Gasteiger partial charge on any atom is -0.545 e. The molecule has 2 rings (SSSR count). The fourth-order valence-corrected chi connectivity index (χ4v) is 1.99. The Morgan fingerprint density at radius 3 is 2.47 bits per heavy atom. The Bertz CT molecular complexity index is 636. The van der Waals surface area contributed by atoms with E-state index in [1.165, 1.54) is 23.0 Å². The molecule has 0 saturated carbocycles. The van der Waals surface area contributed by atoms with E-state index in [9.17, 15) is 20.0 Å². The van der Waals surface area contributed by atoms with Crippen LogP contribution in [0.1, 0.15) is 15.9 Å². The van der Waals surface area contributed by atoms with Crippen LogP contribution in [0, 0.1) is 10.1 Å². The van der Waals surface area contributed by atoms with Gasteiger partial charge in [-0.25, -0.2) is 0 Å². The molecule has 0 saturated heterocycles. The molecular formula is C11H7BrN3O4-. The van der Waals surface area contributed by atoms with Gasteiger partial charge in [-0.15, -0.1) is 0 Å². The van der Waals surface area contributed by atoms with Crippen LogP contribution in [-0.2, 0) is 6.54 Å². The highest BCUT2D eigenvalue weighted by atomic mass is 79.9. The van der Waals surface area contributed by atoms with Gasteiger partial charge in [-0.1, -0.05) is 24.3 Å². The number of hydrogen-bond acceptors (Lipinski definition) is 5. The smallest absolute Gasteiger partial charge is 0.404 e. The molecular weight excluding hydrogens is 318 g/mol. The average Bonchev–Trinajstić information content (AvgIpc) is 2.71. The van der Waals surface area contributed by atoms with E-state index < -0.39 is 10.9 Å². The van der Waals surface area contributed by atoms with E-state index in [4.69, 9.17) is 0 Å². The summed E-state index contributed by atoms with van der Waals surface area (Å²) in [7, 11) is 0. The summed E-state index contributed by atoms with van der Waals surface area (Å²) in [5.41, 5.74) is 0.853. The van der Waals surface area contributed by atoms with Gasteiger partial charge in [-0.2, -0.15) is 4.68 Å². The third-order valence-corrected chi connectivity index (χ3v) is 2.97. The summed E-state index contributed by atoms with van der Waals surface area (Å²) >= 11 is 3.05. The number of rotatable bonds is 4. The van der Waals surface area contributed by atoms with Crippen molar-refractivity contribution in [3.05, 3.63) is 56.2 Å². The molecule has 0 bridgehead atoms. The van der Waals surface area contributed by atoms with Crippen LogP contribution in [0.3, 0.4) is 0 Å². The Hall–Kier alpha value is -2.22. The molecule has 2 aromatic rings. The van der Waals surface area contributed by atoms with Crippen molar-refractivity contribution in [3.8, 4) is 0 Å². The first-order chi connectivity index (χ1) is 8.97. The molecule has 1 heterocycles. The third kappa shape index (κ3) is 2.97. The van der Waals surface area contributed by atoms with Crippen LogP contribution in [0.5, 0.6) is 0 Å². The van der Waals surface area contributed by atoms with Crippen molar-refractivity contribution in [2.45, 2.75) is 6.54 Å². The summed E-state index contributed by atoms with van der Waals surface area (Å²) in [5, 5.41) is 25.0. The number of carbonyl (C=O) groups excluding carboxylic acids is 1. The van der Waals surface area contributed by atoms with E-state index in [0.29, 0.717) is 11.0 Å². The Morgan fingerprint density at radius 1 is 1.37 bits per heavy atom. The van der Waals surface area contributed by atoms with Crippen LogP contribution in [0.2, 0.25) is 0 Å². The van der Waals surface area contributed by atoms with Crippen LogP contribution in [-0.4, -0.2) is 20.7 Å². The maximum Gasteiger partial charge on any atom is 0.404 e. The summed E-state index contributed by atoms with van der Waals surface area (Å²) in [4.78, 5) is 20.6. The molecule has 0 radical (unpaired) electrons. The molecule has 0 amide bonds. The Kier molecular flexibility index (Phi) is 3.61. The number of benzene rings is 1. The fraction of sp³-hybridized carbons (Fsp3) is 0.0909. The lowest BCUT2D eigenvalue weighted by Crippen LogP contribution is -2.22. The maximum absolute atomic E-state index is 10.6. The Balaban J connectivity index is 2.19. The molecule has 0 atom stereocenters. The summed E-state index contributed by atoms with van der Waals surface area (Å²) < 4.78 is 1.69. The van der Waals surface area contributed by atoms with Gasteiger partial charge in [0.25, 0.3) is 0 Å². The average molecular weight is 325 g/mol. The second-order valence-corrected chi connectivity index (χ2v) is 4.59. The van der Waals surface area contributed by atoms with Crippen LogP contribution in [0.15, 0.2) is 34.9 Å². The van der Waals surface area contributed by atoms with Crippen molar-refractivity contribution in [1.29, 1.82) is 0 Å². The number of aromatic carboxylic acids is 1. The van der Waals surface area contributed by atoms with Crippen LogP contribution >= 0.6 is 15.9 Å². The number of aromatic nitrogens is 2. The van der Waals surface area contributed by atoms with Gasteiger partial charge in [0.1, 0.15) is 4.47 Å². The lowest BCUT2D eigenvalue weighted by molar-refractivity contribution is -0.390. The zero-order valence-electron chi connectivity index (χ0n) is 9.45. The van der Waals surface area contributed by atoms with E-state index >= 15 is 0 Å². The quantitative estimate of drug-likeness (QED) is 0.616. The molecule has 0 unspecified atom stereocenters. The number of nitro groups is 1. The van der Waals surface area contributed by atoms with Gasteiger partial charge in [-0.05, 0) is 32.0 Å². The summed E-state index contributed by atoms with van der Waals surface area (Å²) in [6.45, 7) is 0.305. The molecule has 7 nitrogen and oxygen atoms in total. The normalized spacial score (nSPS) is 10.4. The minimum absolute atomic E-state index is 0.0800. The van der Waals surface area contributed by atoms with E-state index in [-0.39, 0.29) is 11.4 Å². The summed E-state index contributed by atoms with van der Waals surface area (Å²) in [5.74, 6) is -1.50.